The van der Waals surface area contributed by atoms with E-state index in [0.29, 0.717) is 56.2 Å². The standard InChI is InChI=1S/C33H39Cl2F3N6O3/c1-31(2,3)47-30(46)40-14-17-4-9-23(34)27(26(17)35)44-29-42-24-10-18(12-32-13-20(32)15-39-16-32)22(11-25(24)43-29)28(45)41-21-7-5-19(6-8-21)33(36,37)38/h4,9-11,19-21,39H,5-8,12-16H2,1-3H3,(H,40,46)(H,41,45)(H2,42,43,44)/t19?,20-,21?,32-/m1/s1. The number of benzene rings is 2. The molecule has 6 rings (SSSR count). The molecule has 0 bridgehead atoms. The van der Waals surface area contributed by atoms with Crippen LogP contribution in [0.25, 0.3) is 11.0 Å². The zero-order chi connectivity index (χ0) is 33.7. The Labute approximate surface area is 281 Å². The molecule has 2 saturated carbocycles. The fourth-order valence-corrected chi connectivity index (χ4v) is 7.42. The monoisotopic (exact) mass is 694 g/mol. The van der Waals surface area contributed by atoms with Gasteiger partial charge in [0.25, 0.3) is 5.91 Å². The van der Waals surface area contributed by atoms with Gasteiger partial charge in [-0.1, -0.05) is 29.3 Å². The number of anilines is 2. The summed E-state index contributed by atoms with van der Waals surface area (Å²) in [5.74, 6) is -0.708. The van der Waals surface area contributed by atoms with Gasteiger partial charge in [0.15, 0.2) is 0 Å². The first-order valence-electron chi connectivity index (χ1n) is 15.9. The number of ether oxygens (including phenoxy) is 1. The van der Waals surface area contributed by atoms with Crippen LogP contribution in [0, 0.1) is 17.3 Å². The molecule has 3 fully saturated rings. The number of piperidine rings is 1. The first-order valence-corrected chi connectivity index (χ1v) is 16.7. The highest BCUT2D eigenvalue weighted by Gasteiger charge is 2.56. The molecule has 3 aliphatic rings. The zero-order valence-corrected chi connectivity index (χ0v) is 28.0. The van der Waals surface area contributed by atoms with Crippen molar-refractivity contribution in [1.82, 2.24) is 25.9 Å². The van der Waals surface area contributed by atoms with E-state index in [4.69, 9.17) is 27.9 Å². The number of carbonyl (C=O) groups excluding carboxylic acids is 2. The molecule has 1 aliphatic heterocycles. The van der Waals surface area contributed by atoms with E-state index >= 15 is 0 Å². The number of aromatic amines is 1. The number of aromatic nitrogens is 2. The molecule has 47 heavy (non-hydrogen) atoms. The number of hydrogen-bond donors (Lipinski definition) is 5. The van der Waals surface area contributed by atoms with Gasteiger partial charge in [-0.25, -0.2) is 9.78 Å². The first kappa shape index (κ1) is 33.7. The number of nitrogens with one attached hydrogen (secondary N) is 5. The summed E-state index contributed by atoms with van der Waals surface area (Å²) in [7, 11) is 0. The first-order chi connectivity index (χ1) is 22.1. The molecule has 2 heterocycles. The van der Waals surface area contributed by atoms with Gasteiger partial charge in [0.1, 0.15) is 5.60 Å². The maximum atomic E-state index is 13.7. The number of nitrogens with zero attached hydrogens (tertiary/aromatic N) is 1. The summed E-state index contributed by atoms with van der Waals surface area (Å²) in [6.45, 7) is 7.27. The summed E-state index contributed by atoms with van der Waals surface area (Å²) in [5.41, 5.74) is 3.04. The normalized spacial score (nSPS) is 24.1. The minimum Gasteiger partial charge on any atom is -0.444 e. The highest BCUT2D eigenvalue weighted by Crippen LogP contribution is 2.57. The van der Waals surface area contributed by atoms with E-state index in [-0.39, 0.29) is 49.6 Å². The summed E-state index contributed by atoms with van der Waals surface area (Å²) >= 11 is 13.2. The molecule has 0 unspecified atom stereocenters. The minimum absolute atomic E-state index is 0.00851. The highest BCUT2D eigenvalue weighted by molar-refractivity contribution is 6.39. The van der Waals surface area contributed by atoms with Gasteiger partial charge < -0.3 is 31.0 Å². The van der Waals surface area contributed by atoms with Crippen LogP contribution in [0.15, 0.2) is 24.3 Å². The SMILES string of the molecule is CC(C)(C)OC(=O)NCc1ccc(Cl)c(Nc2nc3cc(C(=O)NC4CCC(C(F)(F)F)CC4)c(C[C@@]45CNC[C@H]4C5)cc3[nH]2)c1Cl. The second-order valence-corrected chi connectivity index (χ2v) is 14.9. The van der Waals surface area contributed by atoms with Crippen molar-refractivity contribution in [2.45, 2.75) is 83.7 Å². The van der Waals surface area contributed by atoms with E-state index in [9.17, 15) is 22.8 Å². The average molecular weight is 696 g/mol. The smallest absolute Gasteiger partial charge is 0.407 e. The number of amides is 2. The van der Waals surface area contributed by atoms with Gasteiger partial charge in [0, 0.05) is 24.7 Å². The van der Waals surface area contributed by atoms with E-state index in [1.165, 1.54) is 0 Å². The Bertz CT molecular complexity index is 1680. The molecule has 1 aromatic heterocycles. The van der Waals surface area contributed by atoms with Crippen molar-refractivity contribution in [1.29, 1.82) is 0 Å². The Hall–Kier alpha value is -3.22. The van der Waals surface area contributed by atoms with Gasteiger partial charge in [-0.3, -0.25) is 4.79 Å². The van der Waals surface area contributed by atoms with E-state index in [0.717, 1.165) is 25.1 Å². The van der Waals surface area contributed by atoms with Crippen molar-refractivity contribution in [3.05, 3.63) is 51.0 Å². The van der Waals surface area contributed by atoms with Crippen molar-refractivity contribution in [2.75, 3.05) is 18.4 Å². The van der Waals surface area contributed by atoms with Gasteiger partial charge in [-0.2, -0.15) is 13.2 Å². The van der Waals surface area contributed by atoms with Gasteiger partial charge >= 0.3 is 12.3 Å². The van der Waals surface area contributed by atoms with Crippen LogP contribution in [-0.4, -0.2) is 52.9 Å². The summed E-state index contributed by atoms with van der Waals surface area (Å²) < 4.78 is 44.9. The van der Waals surface area contributed by atoms with Gasteiger partial charge in [0.05, 0.1) is 32.7 Å². The summed E-state index contributed by atoms with van der Waals surface area (Å²) in [6.07, 6.45) is -2.40. The Morgan fingerprint density at radius 2 is 1.83 bits per heavy atom. The molecule has 0 radical (unpaired) electrons. The van der Waals surface area contributed by atoms with Crippen LogP contribution in [-0.2, 0) is 17.7 Å². The summed E-state index contributed by atoms with van der Waals surface area (Å²) in [5, 5.41) is 12.9. The number of rotatable bonds is 8. The van der Waals surface area contributed by atoms with Crippen molar-refractivity contribution < 1.29 is 27.5 Å². The molecule has 14 heteroatoms. The number of carbonyl (C=O) groups is 2. The number of hydrogen-bond acceptors (Lipinski definition) is 6. The molecule has 3 aromatic rings. The summed E-state index contributed by atoms with van der Waals surface area (Å²) in [6, 6.07) is 6.73. The highest BCUT2D eigenvalue weighted by atomic mass is 35.5. The number of imidazole rings is 1. The quantitative estimate of drug-likeness (QED) is 0.165. The number of alkyl halides is 3. The molecule has 0 spiro atoms. The van der Waals surface area contributed by atoms with Crippen LogP contribution in [0.5, 0.6) is 0 Å². The van der Waals surface area contributed by atoms with Crippen LogP contribution in [0.1, 0.15) is 74.4 Å². The fourth-order valence-electron chi connectivity index (χ4n) is 6.88. The second-order valence-electron chi connectivity index (χ2n) is 14.1. The van der Waals surface area contributed by atoms with Crippen molar-refractivity contribution in [3.8, 4) is 0 Å². The third kappa shape index (κ3) is 7.60. The molecule has 2 aromatic carbocycles. The van der Waals surface area contributed by atoms with Crippen LogP contribution >= 0.6 is 23.2 Å². The van der Waals surface area contributed by atoms with E-state index < -0.39 is 23.8 Å². The molecule has 2 amide bonds. The maximum Gasteiger partial charge on any atom is 0.407 e. The third-order valence-corrected chi connectivity index (χ3v) is 10.2. The van der Waals surface area contributed by atoms with Gasteiger partial charge in [0.2, 0.25) is 5.95 Å². The van der Waals surface area contributed by atoms with Crippen LogP contribution in [0.3, 0.4) is 0 Å². The molecule has 254 valence electrons. The Morgan fingerprint density at radius 1 is 1.09 bits per heavy atom. The number of halogens is 5. The second kappa shape index (κ2) is 12.7. The van der Waals surface area contributed by atoms with Gasteiger partial charge in [-0.05, 0) is 106 Å². The summed E-state index contributed by atoms with van der Waals surface area (Å²) in [4.78, 5) is 33.8. The number of alkyl carbamates (subject to hydrolysis) is 1. The molecule has 9 nitrogen and oxygen atoms in total. The van der Waals surface area contributed by atoms with Crippen molar-refractivity contribution in [2.24, 2.45) is 17.3 Å². The lowest BCUT2D eigenvalue weighted by Crippen LogP contribution is -2.40. The van der Waals surface area contributed by atoms with Gasteiger partial charge in [-0.15, -0.1) is 0 Å². The lowest BCUT2D eigenvalue weighted by Gasteiger charge is -2.30. The lowest BCUT2D eigenvalue weighted by molar-refractivity contribution is -0.182. The maximum absolute atomic E-state index is 13.7. The Morgan fingerprint density at radius 3 is 2.47 bits per heavy atom. The lowest BCUT2D eigenvalue weighted by atomic mass is 9.85. The fraction of sp³-hybridized carbons (Fsp3) is 0.545. The van der Waals surface area contributed by atoms with E-state index in [1.807, 2.05) is 6.07 Å². The van der Waals surface area contributed by atoms with Crippen LogP contribution < -0.4 is 21.3 Å². The Balaban J connectivity index is 1.23. The average Bonchev–Trinajstić information content (AvgIpc) is 3.28. The molecule has 1 saturated heterocycles. The van der Waals surface area contributed by atoms with E-state index in [2.05, 4.69) is 31.2 Å². The van der Waals surface area contributed by atoms with Crippen LogP contribution in [0.2, 0.25) is 10.0 Å². The van der Waals surface area contributed by atoms with Crippen LogP contribution in [0.4, 0.5) is 29.6 Å². The van der Waals surface area contributed by atoms with Crippen molar-refractivity contribution in [3.63, 3.8) is 0 Å². The zero-order valence-electron chi connectivity index (χ0n) is 26.5. The third-order valence-electron chi connectivity index (χ3n) is 9.48. The Kier molecular flexibility index (Phi) is 9.08. The number of fused-ring (bicyclic) bond motifs is 2. The van der Waals surface area contributed by atoms with E-state index in [1.54, 1.807) is 39.0 Å². The largest absolute Gasteiger partial charge is 0.444 e. The number of H-pyrrole nitrogens is 1. The molecule has 2 atom stereocenters. The predicted molar refractivity (Wildman–Crippen MR) is 175 cm³/mol. The molecule has 2 aliphatic carbocycles. The minimum atomic E-state index is -4.21. The molecular weight excluding hydrogens is 656 g/mol. The molecule has 5 N–H and O–H groups in total. The predicted octanol–water partition coefficient (Wildman–Crippen LogP) is 7.64. The van der Waals surface area contributed by atoms with Crippen molar-refractivity contribution >= 4 is 57.9 Å². The topological polar surface area (TPSA) is 120 Å². The molecular formula is C33H39Cl2F3N6O3.